The molecule has 1 saturated heterocycles. The number of halogens is 2. The number of amides is 4. The lowest BCUT2D eigenvalue weighted by Crippen LogP contribution is -2.54. The number of carbonyl (C=O) groups excluding carboxylic acids is 3. The van der Waals surface area contributed by atoms with E-state index in [9.17, 15) is 14.4 Å². The Morgan fingerprint density at radius 1 is 1.03 bits per heavy atom. The zero-order valence-electron chi connectivity index (χ0n) is 16.2. The number of nitrogens with zero attached hydrogens (tertiary/aromatic N) is 1. The van der Waals surface area contributed by atoms with Crippen molar-refractivity contribution in [2.45, 2.75) is 13.8 Å². The summed E-state index contributed by atoms with van der Waals surface area (Å²) in [7, 11) is 0. The Kier molecular flexibility index (Phi) is 6.79. The first kappa shape index (κ1) is 21.9. The first-order chi connectivity index (χ1) is 14.3. The van der Waals surface area contributed by atoms with Gasteiger partial charge in [-0.05, 0) is 61.9 Å². The predicted molar refractivity (Wildman–Crippen MR) is 117 cm³/mol. The molecule has 0 saturated carbocycles. The lowest BCUT2D eigenvalue weighted by Gasteiger charge is -2.26. The average Bonchev–Trinajstić information content (AvgIpc) is 2.69. The number of urea groups is 1. The maximum atomic E-state index is 13.0. The molecule has 0 bridgehead atoms. The van der Waals surface area contributed by atoms with Gasteiger partial charge >= 0.3 is 6.03 Å². The van der Waals surface area contributed by atoms with Crippen LogP contribution in [0.1, 0.15) is 19.4 Å². The van der Waals surface area contributed by atoms with E-state index in [1.165, 1.54) is 18.2 Å². The van der Waals surface area contributed by atoms with Gasteiger partial charge in [0.2, 0.25) is 0 Å². The summed E-state index contributed by atoms with van der Waals surface area (Å²) < 4.78 is 11.8. The molecule has 0 unspecified atom stereocenters. The minimum absolute atomic E-state index is 0.197. The van der Waals surface area contributed by atoms with Gasteiger partial charge in [0.1, 0.15) is 5.57 Å². The molecule has 7 nitrogen and oxygen atoms in total. The zero-order valence-corrected chi connectivity index (χ0v) is 18.5. The van der Waals surface area contributed by atoms with E-state index in [1.54, 1.807) is 24.3 Å². The van der Waals surface area contributed by atoms with Crippen molar-refractivity contribution in [1.82, 2.24) is 5.32 Å². The molecule has 3 rings (SSSR count). The van der Waals surface area contributed by atoms with Gasteiger partial charge in [0.15, 0.2) is 11.5 Å². The van der Waals surface area contributed by atoms with Gasteiger partial charge in [-0.2, -0.15) is 0 Å². The van der Waals surface area contributed by atoms with Crippen LogP contribution in [0.15, 0.2) is 46.4 Å². The SMILES string of the molecule is CCOc1cc(Br)c(/C=C2\C(=O)NC(=O)N(c3ccc(Cl)cc3)C2=O)cc1OCC. The molecule has 0 aliphatic carbocycles. The monoisotopic (exact) mass is 492 g/mol. The molecule has 1 aliphatic rings. The van der Waals surface area contributed by atoms with Crippen LogP contribution in [0, 0.1) is 0 Å². The molecule has 2 aromatic rings. The zero-order chi connectivity index (χ0) is 21.8. The van der Waals surface area contributed by atoms with Crippen molar-refractivity contribution in [2.24, 2.45) is 0 Å². The van der Waals surface area contributed by atoms with Crippen molar-refractivity contribution in [3.8, 4) is 11.5 Å². The van der Waals surface area contributed by atoms with Crippen LogP contribution < -0.4 is 19.7 Å². The van der Waals surface area contributed by atoms with Gasteiger partial charge in [0.25, 0.3) is 11.8 Å². The first-order valence-corrected chi connectivity index (χ1v) is 10.3. The minimum Gasteiger partial charge on any atom is -0.490 e. The van der Waals surface area contributed by atoms with E-state index in [4.69, 9.17) is 21.1 Å². The van der Waals surface area contributed by atoms with Gasteiger partial charge in [-0.1, -0.05) is 27.5 Å². The van der Waals surface area contributed by atoms with Gasteiger partial charge in [0, 0.05) is 9.50 Å². The number of hydrogen-bond acceptors (Lipinski definition) is 5. The van der Waals surface area contributed by atoms with Gasteiger partial charge in [-0.25, -0.2) is 9.69 Å². The second-order valence-electron chi connectivity index (χ2n) is 6.12. The fraction of sp³-hybridized carbons (Fsp3) is 0.190. The fourth-order valence-corrected chi connectivity index (χ4v) is 3.40. The van der Waals surface area contributed by atoms with Gasteiger partial charge in [-0.15, -0.1) is 0 Å². The second kappa shape index (κ2) is 9.32. The summed E-state index contributed by atoms with van der Waals surface area (Å²) in [5, 5.41) is 2.64. The maximum Gasteiger partial charge on any atom is 0.335 e. The third-order valence-electron chi connectivity index (χ3n) is 4.15. The Morgan fingerprint density at radius 2 is 1.63 bits per heavy atom. The van der Waals surface area contributed by atoms with E-state index >= 15 is 0 Å². The van der Waals surface area contributed by atoms with Crippen LogP contribution in [0.2, 0.25) is 5.02 Å². The molecule has 0 radical (unpaired) electrons. The van der Waals surface area contributed by atoms with Crippen molar-refractivity contribution < 1.29 is 23.9 Å². The molecular formula is C21H18BrClN2O5. The lowest BCUT2D eigenvalue weighted by atomic mass is 10.1. The molecule has 2 aromatic carbocycles. The van der Waals surface area contributed by atoms with Crippen molar-refractivity contribution in [1.29, 1.82) is 0 Å². The Balaban J connectivity index is 2.03. The standard InChI is InChI=1S/C21H18BrClN2O5/c1-3-29-17-10-12(16(22)11-18(17)30-4-2)9-15-19(26)24-21(28)25(20(15)27)14-7-5-13(23)6-8-14/h5-11H,3-4H2,1-2H3,(H,24,26,28)/b15-9+. The normalized spacial score (nSPS) is 15.4. The molecule has 9 heteroatoms. The molecule has 1 aliphatic heterocycles. The molecule has 1 heterocycles. The lowest BCUT2D eigenvalue weighted by molar-refractivity contribution is -0.122. The number of nitrogens with one attached hydrogen (secondary N) is 1. The number of ether oxygens (including phenoxy) is 2. The highest BCUT2D eigenvalue weighted by molar-refractivity contribution is 9.10. The first-order valence-electron chi connectivity index (χ1n) is 9.11. The summed E-state index contributed by atoms with van der Waals surface area (Å²) in [6, 6.07) is 8.68. The summed E-state index contributed by atoms with van der Waals surface area (Å²) in [6.07, 6.45) is 1.40. The Hall–Kier alpha value is -2.84. The molecule has 0 spiro atoms. The maximum absolute atomic E-state index is 13.0. The Morgan fingerprint density at radius 3 is 2.23 bits per heavy atom. The van der Waals surface area contributed by atoms with Crippen LogP contribution >= 0.6 is 27.5 Å². The third kappa shape index (κ3) is 4.49. The van der Waals surface area contributed by atoms with Gasteiger partial charge in [-0.3, -0.25) is 14.9 Å². The number of carbonyl (C=O) groups is 3. The van der Waals surface area contributed by atoms with E-state index in [-0.39, 0.29) is 5.57 Å². The summed E-state index contributed by atoms with van der Waals surface area (Å²) in [4.78, 5) is 38.6. The minimum atomic E-state index is -0.828. The largest absolute Gasteiger partial charge is 0.490 e. The molecule has 30 heavy (non-hydrogen) atoms. The highest BCUT2D eigenvalue weighted by Gasteiger charge is 2.37. The molecular weight excluding hydrogens is 476 g/mol. The molecule has 1 fully saturated rings. The molecule has 156 valence electrons. The van der Waals surface area contributed by atoms with Crippen LogP contribution in [0.3, 0.4) is 0 Å². The van der Waals surface area contributed by atoms with E-state index < -0.39 is 17.8 Å². The summed E-state index contributed by atoms with van der Waals surface area (Å²) in [5.74, 6) is -0.520. The highest BCUT2D eigenvalue weighted by Crippen LogP contribution is 2.35. The van der Waals surface area contributed by atoms with Gasteiger partial charge < -0.3 is 9.47 Å². The van der Waals surface area contributed by atoms with Crippen molar-refractivity contribution in [3.05, 3.63) is 57.0 Å². The molecule has 0 atom stereocenters. The predicted octanol–water partition coefficient (Wildman–Crippen LogP) is 4.57. The average molecular weight is 494 g/mol. The van der Waals surface area contributed by atoms with E-state index in [1.807, 2.05) is 13.8 Å². The third-order valence-corrected chi connectivity index (χ3v) is 5.09. The van der Waals surface area contributed by atoms with E-state index in [2.05, 4.69) is 21.2 Å². The number of imide groups is 2. The van der Waals surface area contributed by atoms with Crippen molar-refractivity contribution >= 4 is 57.1 Å². The number of barbiturate groups is 1. The highest BCUT2D eigenvalue weighted by atomic mass is 79.9. The van der Waals surface area contributed by atoms with Crippen molar-refractivity contribution in [3.63, 3.8) is 0 Å². The quantitative estimate of drug-likeness (QED) is 0.471. The Bertz CT molecular complexity index is 1040. The van der Waals surface area contributed by atoms with Crippen LogP contribution in [-0.2, 0) is 9.59 Å². The summed E-state index contributed by atoms with van der Waals surface area (Å²) in [6.45, 7) is 4.55. The van der Waals surface area contributed by atoms with E-state index in [0.29, 0.717) is 45.5 Å². The van der Waals surface area contributed by atoms with Gasteiger partial charge in [0.05, 0.1) is 18.9 Å². The number of benzene rings is 2. The van der Waals surface area contributed by atoms with Crippen molar-refractivity contribution in [2.75, 3.05) is 18.1 Å². The Labute approximate surface area is 186 Å². The number of hydrogen-bond donors (Lipinski definition) is 1. The smallest absolute Gasteiger partial charge is 0.335 e. The van der Waals surface area contributed by atoms with Crippen LogP contribution in [-0.4, -0.2) is 31.1 Å². The topological polar surface area (TPSA) is 84.9 Å². The van der Waals surface area contributed by atoms with Crippen LogP contribution in [0.4, 0.5) is 10.5 Å². The second-order valence-corrected chi connectivity index (χ2v) is 7.41. The summed E-state index contributed by atoms with van der Waals surface area (Å²) in [5.41, 5.74) is 0.615. The number of anilines is 1. The molecule has 1 N–H and O–H groups in total. The molecule has 4 amide bonds. The number of rotatable bonds is 6. The van der Waals surface area contributed by atoms with Crippen LogP contribution in [0.25, 0.3) is 6.08 Å². The fourth-order valence-electron chi connectivity index (χ4n) is 2.84. The summed E-state index contributed by atoms with van der Waals surface area (Å²) >= 11 is 9.31. The molecule has 0 aromatic heterocycles. The van der Waals surface area contributed by atoms with E-state index in [0.717, 1.165) is 4.90 Å². The van der Waals surface area contributed by atoms with Crippen LogP contribution in [0.5, 0.6) is 11.5 Å².